The van der Waals surface area contributed by atoms with Crippen molar-refractivity contribution in [3.8, 4) is 0 Å². The highest BCUT2D eigenvalue weighted by atomic mass is 19.4. The van der Waals surface area contributed by atoms with Crippen molar-refractivity contribution in [1.29, 1.82) is 0 Å². The molecular weight excluding hydrogens is 226 g/mol. The lowest BCUT2D eigenvalue weighted by Gasteiger charge is -2.09. The van der Waals surface area contributed by atoms with Gasteiger partial charge in [-0.3, -0.25) is 0 Å². The molecular formula is C10H11F4NO. The first kappa shape index (κ1) is 12.8. The first-order chi connectivity index (χ1) is 7.40. The van der Waals surface area contributed by atoms with Gasteiger partial charge in [-0.25, -0.2) is 4.39 Å². The van der Waals surface area contributed by atoms with Crippen LogP contribution < -0.4 is 5.73 Å². The van der Waals surface area contributed by atoms with Gasteiger partial charge >= 0.3 is 6.18 Å². The van der Waals surface area contributed by atoms with Crippen molar-refractivity contribution in [3.05, 3.63) is 29.6 Å². The Morgan fingerprint density at radius 3 is 2.50 bits per heavy atom. The fourth-order valence-electron chi connectivity index (χ4n) is 1.09. The summed E-state index contributed by atoms with van der Waals surface area (Å²) in [4.78, 5) is 0. The Balaban J connectivity index is 2.43. The van der Waals surface area contributed by atoms with E-state index in [4.69, 9.17) is 10.5 Å². The monoisotopic (exact) mass is 237 g/mol. The van der Waals surface area contributed by atoms with Gasteiger partial charge in [-0.1, -0.05) is 6.07 Å². The van der Waals surface area contributed by atoms with Gasteiger partial charge < -0.3 is 10.5 Å². The molecule has 0 aliphatic rings. The van der Waals surface area contributed by atoms with Gasteiger partial charge in [0.1, 0.15) is 5.82 Å². The van der Waals surface area contributed by atoms with E-state index in [2.05, 4.69) is 0 Å². The summed E-state index contributed by atoms with van der Waals surface area (Å²) >= 11 is 0. The Kier molecular flexibility index (Phi) is 4.12. The summed E-state index contributed by atoms with van der Waals surface area (Å²) in [7, 11) is 0. The lowest BCUT2D eigenvalue weighted by atomic mass is 10.2. The molecule has 0 heterocycles. The molecule has 16 heavy (non-hydrogen) atoms. The van der Waals surface area contributed by atoms with E-state index in [1.54, 1.807) is 0 Å². The molecule has 0 aromatic heterocycles. The molecule has 1 rings (SSSR count). The second kappa shape index (κ2) is 5.16. The van der Waals surface area contributed by atoms with Crippen LogP contribution in [0.25, 0.3) is 0 Å². The predicted molar refractivity (Wildman–Crippen MR) is 51.1 cm³/mol. The molecule has 0 aliphatic carbocycles. The van der Waals surface area contributed by atoms with Gasteiger partial charge in [-0.2, -0.15) is 13.2 Å². The van der Waals surface area contributed by atoms with Crippen LogP contribution >= 0.6 is 0 Å². The Labute approximate surface area is 90.0 Å². The van der Waals surface area contributed by atoms with E-state index in [1.807, 2.05) is 0 Å². The second-order valence-corrected chi connectivity index (χ2v) is 3.23. The summed E-state index contributed by atoms with van der Waals surface area (Å²) in [6, 6.07) is 4.06. The number of nitrogen functional groups attached to an aromatic ring is 1. The van der Waals surface area contributed by atoms with Gasteiger partial charge in [0.05, 0.1) is 19.6 Å². The van der Waals surface area contributed by atoms with Gasteiger partial charge in [-0.15, -0.1) is 0 Å². The van der Waals surface area contributed by atoms with Crippen molar-refractivity contribution in [3.63, 3.8) is 0 Å². The van der Waals surface area contributed by atoms with Gasteiger partial charge in [0.15, 0.2) is 0 Å². The van der Waals surface area contributed by atoms with Crippen molar-refractivity contribution in [1.82, 2.24) is 0 Å². The fourth-order valence-corrected chi connectivity index (χ4v) is 1.09. The van der Waals surface area contributed by atoms with Crippen LogP contribution in [0.4, 0.5) is 23.2 Å². The van der Waals surface area contributed by atoms with Crippen LogP contribution in [0.3, 0.4) is 0 Å². The van der Waals surface area contributed by atoms with Gasteiger partial charge in [-0.05, 0) is 12.1 Å². The van der Waals surface area contributed by atoms with E-state index >= 15 is 0 Å². The lowest BCUT2D eigenvalue weighted by Crippen LogP contribution is -2.12. The standard InChI is InChI=1S/C10H11F4NO/c11-8-2-1-3-9(15)7(8)6-16-5-4-10(12,13)14/h1-3H,4-6,15H2. The normalized spacial score (nSPS) is 11.8. The third-order valence-electron chi connectivity index (χ3n) is 1.93. The molecule has 0 aliphatic heterocycles. The minimum absolute atomic E-state index is 0.0877. The SMILES string of the molecule is Nc1cccc(F)c1COCCC(F)(F)F. The first-order valence-electron chi connectivity index (χ1n) is 4.57. The maximum absolute atomic E-state index is 13.1. The Morgan fingerprint density at radius 2 is 1.94 bits per heavy atom. The van der Waals surface area contributed by atoms with Crippen molar-refractivity contribution in [2.24, 2.45) is 0 Å². The maximum Gasteiger partial charge on any atom is 0.391 e. The molecule has 0 spiro atoms. The molecule has 0 fully saturated rings. The Hall–Kier alpha value is -1.30. The third-order valence-corrected chi connectivity index (χ3v) is 1.93. The van der Waals surface area contributed by atoms with E-state index < -0.39 is 25.0 Å². The van der Waals surface area contributed by atoms with Crippen molar-refractivity contribution in [2.45, 2.75) is 19.2 Å². The highest BCUT2D eigenvalue weighted by molar-refractivity contribution is 5.46. The van der Waals surface area contributed by atoms with Crippen LogP contribution in [-0.2, 0) is 11.3 Å². The molecule has 2 nitrogen and oxygen atoms in total. The number of hydrogen-bond donors (Lipinski definition) is 1. The number of rotatable bonds is 4. The molecule has 0 unspecified atom stereocenters. The summed E-state index contributed by atoms with van der Waals surface area (Å²) < 4.78 is 53.1. The zero-order valence-corrected chi connectivity index (χ0v) is 8.35. The number of anilines is 1. The zero-order valence-electron chi connectivity index (χ0n) is 8.35. The average Bonchev–Trinajstić information content (AvgIpc) is 2.14. The average molecular weight is 237 g/mol. The van der Waals surface area contributed by atoms with Gasteiger partial charge in [0.25, 0.3) is 0 Å². The van der Waals surface area contributed by atoms with Crippen molar-refractivity contribution >= 4 is 5.69 Å². The zero-order chi connectivity index (χ0) is 12.2. The maximum atomic E-state index is 13.1. The Bertz CT molecular complexity index is 331. The molecule has 1 aromatic rings. The summed E-state index contributed by atoms with van der Waals surface area (Å²) in [5.41, 5.74) is 5.71. The fraction of sp³-hybridized carbons (Fsp3) is 0.400. The van der Waals surface area contributed by atoms with Crippen molar-refractivity contribution in [2.75, 3.05) is 12.3 Å². The highest BCUT2D eigenvalue weighted by Gasteiger charge is 2.26. The number of hydrogen-bond acceptors (Lipinski definition) is 2. The topological polar surface area (TPSA) is 35.2 Å². The number of benzene rings is 1. The minimum atomic E-state index is -4.26. The lowest BCUT2D eigenvalue weighted by molar-refractivity contribution is -0.146. The summed E-state index contributed by atoms with van der Waals surface area (Å²) in [6.07, 6.45) is -5.32. The summed E-state index contributed by atoms with van der Waals surface area (Å²) in [5, 5.41) is 0. The molecule has 6 heteroatoms. The largest absolute Gasteiger partial charge is 0.398 e. The van der Waals surface area contributed by atoms with E-state index in [0.717, 1.165) is 0 Å². The summed E-state index contributed by atoms with van der Waals surface area (Å²) in [5.74, 6) is -0.577. The minimum Gasteiger partial charge on any atom is -0.398 e. The number of ether oxygens (including phenoxy) is 1. The van der Waals surface area contributed by atoms with Crippen LogP contribution in [-0.4, -0.2) is 12.8 Å². The van der Waals surface area contributed by atoms with Gasteiger partial charge in [0, 0.05) is 11.3 Å². The van der Waals surface area contributed by atoms with Crippen LogP contribution in [0.5, 0.6) is 0 Å². The smallest absolute Gasteiger partial charge is 0.391 e. The molecule has 90 valence electrons. The quantitative estimate of drug-likeness (QED) is 0.496. The predicted octanol–water partition coefficient (Wildman–Crippen LogP) is 2.88. The van der Waals surface area contributed by atoms with Gasteiger partial charge in [0.2, 0.25) is 0 Å². The van der Waals surface area contributed by atoms with E-state index in [9.17, 15) is 17.6 Å². The van der Waals surface area contributed by atoms with Crippen LogP contribution in [0, 0.1) is 5.82 Å². The number of nitrogens with two attached hydrogens (primary N) is 1. The third kappa shape index (κ3) is 4.06. The molecule has 2 N–H and O–H groups in total. The first-order valence-corrected chi connectivity index (χ1v) is 4.57. The van der Waals surface area contributed by atoms with Crippen molar-refractivity contribution < 1.29 is 22.3 Å². The van der Waals surface area contributed by atoms with E-state index in [-0.39, 0.29) is 17.9 Å². The van der Waals surface area contributed by atoms with Crippen LogP contribution in [0.2, 0.25) is 0 Å². The summed E-state index contributed by atoms with van der Waals surface area (Å²) in [6.45, 7) is -0.758. The molecule has 0 saturated carbocycles. The van der Waals surface area contributed by atoms with E-state index in [0.29, 0.717) is 0 Å². The number of halogens is 4. The molecule has 0 saturated heterocycles. The van der Waals surface area contributed by atoms with E-state index in [1.165, 1.54) is 18.2 Å². The Morgan fingerprint density at radius 1 is 1.25 bits per heavy atom. The molecule has 0 radical (unpaired) electrons. The number of alkyl halides is 3. The molecule has 0 atom stereocenters. The highest BCUT2D eigenvalue weighted by Crippen LogP contribution is 2.20. The van der Waals surface area contributed by atoms with Crippen LogP contribution in [0.1, 0.15) is 12.0 Å². The second-order valence-electron chi connectivity index (χ2n) is 3.23. The molecule has 1 aromatic carbocycles. The molecule has 0 amide bonds. The molecule has 0 bridgehead atoms. The van der Waals surface area contributed by atoms with Crippen LogP contribution in [0.15, 0.2) is 18.2 Å².